The SMILES string of the molecule is CCCCCCC/C=C/CCCCCCCC(=O)O[C@H](COC(=O)CCC/C=C/CCCCCCCCCCCCCCCCCCCC)CO[C@H]1O[C@H](CS(=O)(=O)O)[C@@H](O)C(O)C1O. The van der Waals surface area contributed by atoms with Crippen molar-refractivity contribution in [3.8, 4) is 0 Å². The average molecular weight is 945 g/mol. The first kappa shape index (κ1) is 61.1. The Morgan fingerprint density at radius 3 is 1.32 bits per heavy atom. The van der Waals surface area contributed by atoms with Gasteiger partial charge in [-0.2, -0.15) is 8.42 Å². The lowest BCUT2D eigenvalue weighted by Crippen LogP contribution is -2.60. The Kier molecular flexibility index (Phi) is 39.7. The number of hydrogen-bond donors (Lipinski definition) is 4. The molecule has 65 heavy (non-hydrogen) atoms. The molecule has 1 saturated heterocycles. The van der Waals surface area contributed by atoms with E-state index in [1.165, 1.54) is 148 Å². The molecule has 0 aliphatic carbocycles. The van der Waals surface area contributed by atoms with E-state index in [4.69, 9.17) is 18.9 Å². The van der Waals surface area contributed by atoms with Gasteiger partial charge in [0.25, 0.3) is 10.1 Å². The average Bonchev–Trinajstić information content (AvgIpc) is 3.27. The van der Waals surface area contributed by atoms with Crippen LogP contribution < -0.4 is 0 Å². The first-order valence-electron chi connectivity index (χ1n) is 26.4. The summed E-state index contributed by atoms with van der Waals surface area (Å²) in [6, 6.07) is 0. The number of carbonyl (C=O) groups is 2. The lowest BCUT2D eigenvalue weighted by Gasteiger charge is -2.40. The van der Waals surface area contributed by atoms with E-state index in [-0.39, 0.29) is 19.4 Å². The Morgan fingerprint density at radius 1 is 0.508 bits per heavy atom. The fraction of sp³-hybridized carbons (Fsp3) is 0.885. The van der Waals surface area contributed by atoms with Crippen LogP contribution in [0, 0.1) is 0 Å². The molecule has 0 radical (unpaired) electrons. The normalized spacial score (nSPS) is 19.6. The Hall–Kier alpha value is -1.87. The van der Waals surface area contributed by atoms with Crippen molar-refractivity contribution in [2.24, 2.45) is 0 Å². The second-order valence-electron chi connectivity index (χ2n) is 18.5. The molecular weight excluding hydrogens is 849 g/mol. The maximum absolute atomic E-state index is 12.8. The molecule has 1 fully saturated rings. The number of unbranched alkanes of at least 4 members (excludes halogenated alkanes) is 29. The third-order valence-electron chi connectivity index (χ3n) is 12.3. The molecule has 0 aromatic carbocycles. The molecule has 0 aromatic heterocycles. The van der Waals surface area contributed by atoms with Crippen molar-refractivity contribution in [2.75, 3.05) is 19.0 Å². The summed E-state index contributed by atoms with van der Waals surface area (Å²) in [6.45, 7) is 3.75. The van der Waals surface area contributed by atoms with Crippen molar-refractivity contribution < 1.29 is 56.8 Å². The zero-order valence-electron chi connectivity index (χ0n) is 41.1. The van der Waals surface area contributed by atoms with Crippen molar-refractivity contribution in [2.45, 2.75) is 275 Å². The predicted molar refractivity (Wildman–Crippen MR) is 261 cm³/mol. The first-order valence-corrected chi connectivity index (χ1v) is 28.0. The molecule has 0 aromatic rings. The summed E-state index contributed by atoms with van der Waals surface area (Å²) in [6.07, 6.45) is 39.5. The van der Waals surface area contributed by atoms with Crippen molar-refractivity contribution in [3.05, 3.63) is 24.3 Å². The third kappa shape index (κ3) is 36.8. The van der Waals surface area contributed by atoms with E-state index in [1.807, 2.05) is 0 Å². The predicted octanol–water partition coefficient (Wildman–Crippen LogP) is 12.0. The smallest absolute Gasteiger partial charge is 0.306 e. The van der Waals surface area contributed by atoms with Crippen LogP contribution in [-0.4, -0.2) is 96.0 Å². The van der Waals surface area contributed by atoms with Gasteiger partial charge >= 0.3 is 11.9 Å². The van der Waals surface area contributed by atoms with Gasteiger partial charge in [0.1, 0.15) is 36.8 Å². The van der Waals surface area contributed by atoms with Gasteiger partial charge in [-0.05, 0) is 57.8 Å². The van der Waals surface area contributed by atoms with E-state index in [0.29, 0.717) is 12.8 Å². The van der Waals surface area contributed by atoms with Crippen LogP contribution in [0.2, 0.25) is 0 Å². The lowest BCUT2D eigenvalue weighted by atomic mass is 10.00. The number of esters is 2. The summed E-state index contributed by atoms with van der Waals surface area (Å²) < 4.78 is 54.2. The first-order chi connectivity index (χ1) is 31.5. The van der Waals surface area contributed by atoms with Crippen molar-refractivity contribution in [3.63, 3.8) is 0 Å². The van der Waals surface area contributed by atoms with E-state index in [1.54, 1.807) is 0 Å². The molecule has 0 amide bonds. The number of carbonyl (C=O) groups excluding carboxylic acids is 2. The highest BCUT2D eigenvalue weighted by Crippen LogP contribution is 2.24. The standard InChI is InChI=1S/C52H96O12S/c1-3-5-7-9-11-13-15-17-19-20-21-22-23-24-25-26-27-29-30-32-34-36-38-40-47(53)61-42-45(43-62-52-51(57)50(56)49(55)46(64-52)44-65(58,59)60)63-48(54)41-39-37-35-33-31-28-18-16-14-12-10-8-6-4-2/h16,18,32,34,45-46,49-52,55-57H,3-15,17,19-31,33,35-44H2,1-2H3,(H,58,59,60)/b18-16+,34-32+/t45-,46-,49-,50?,51?,52+/m1/s1. The minimum Gasteiger partial charge on any atom is -0.462 e. The Balaban J connectivity index is 2.34. The molecule has 0 spiro atoms. The number of allylic oxidation sites excluding steroid dienone is 4. The largest absolute Gasteiger partial charge is 0.462 e. The van der Waals surface area contributed by atoms with Crippen LogP contribution in [0.15, 0.2) is 24.3 Å². The summed E-state index contributed by atoms with van der Waals surface area (Å²) >= 11 is 0. The molecule has 1 heterocycles. The molecule has 1 aliphatic heterocycles. The molecular formula is C52H96O12S. The molecule has 2 unspecified atom stereocenters. The quantitative estimate of drug-likeness (QED) is 0.0196. The maximum Gasteiger partial charge on any atom is 0.306 e. The molecule has 12 nitrogen and oxygen atoms in total. The van der Waals surface area contributed by atoms with Gasteiger partial charge in [0.2, 0.25) is 0 Å². The molecule has 1 aliphatic rings. The highest BCUT2D eigenvalue weighted by molar-refractivity contribution is 7.85. The third-order valence-corrected chi connectivity index (χ3v) is 13.0. The zero-order valence-corrected chi connectivity index (χ0v) is 41.9. The highest BCUT2D eigenvalue weighted by atomic mass is 32.2. The van der Waals surface area contributed by atoms with Gasteiger partial charge in [-0.15, -0.1) is 0 Å². The number of aliphatic hydroxyl groups excluding tert-OH is 3. The molecule has 4 N–H and O–H groups in total. The van der Waals surface area contributed by atoms with Crippen LogP contribution in [0.5, 0.6) is 0 Å². The summed E-state index contributed by atoms with van der Waals surface area (Å²) in [5, 5.41) is 31.0. The second-order valence-corrected chi connectivity index (χ2v) is 20.0. The zero-order chi connectivity index (χ0) is 47.6. The monoisotopic (exact) mass is 945 g/mol. The van der Waals surface area contributed by atoms with Gasteiger partial charge in [-0.3, -0.25) is 14.1 Å². The van der Waals surface area contributed by atoms with Crippen molar-refractivity contribution >= 4 is 22.1 Å². The van der Waals surface area contributed by atoms with E-state index in [0.717, 1.165) is 51.4 Å². The van der Waals surface area contributed by atoms with E-state index >= 15 is 0 Å². The van der Waals surface area contributed by atoms with Gasteiger partial charge in [-0.1, -0.05) is 192 Å². The summed E-state index contributed by atoms with van der Waals surface area (Å²) in [5.74, 6) is -2.02. The fourth-order valence-electron chi connectivity index (χ4n) is 8.15. The van der Waals surface area contributed by atoms with Crippen LogP contribution in [0.1, 0.15) is 239 Å². The fourth-order valence-corrected chi connectivity index (χ4v) is 8.84. The minimum absolute atomic E-state index is 0.151. The minimum atomic E-state index is -4.61. The van der Waals surface area contributed by atoms with E-state index in [9.17, 15) is 37.9 Å². The van der Waals surface area contributed by atoms with Gasteiger partial charge in [-0.25, -0.2) is 0 Å². The maximum atomic E-state index is 12.8. The van der Waals surface area contributed by atoms with Crippen molar-refractivity contribution in [1.29, 1.82) is 0 Å². The lowest BCUT2D eigenvalue weighted by molar-refractivity contribution is -0.297. The summed E-state index contributed by atoms with van der Waals surface area (Å²) in [7, 11) is -4.61. The van der Waals surface area contributed by atoms with Crippen LogP contribution >= 0.6 is 0 Å². The van der Waals surface area contributed by atoms with E-state index in [2.05, 4.69) is 38.2 Å². The topological polar surface area (TPSA) is 186 Å². The van der Waals surface area contributed by atoms with Gasteiger partial charge < -0.3 is 34.3 Å². The summed E-state index contributed by atoms with van der Waals surface area (Å²) in [5.41, 5.74) is 0. The van der Waals surface area contributed by atoms with Crippen LogP contribution in [0.3, 0.4) is 0 Å². The van der Waals surface area contributed by atoms with Crippen LogP contribution in [0.4, 0.5) is 0 Å². The molecule has 382 valence electrons. The Bertz CT molecular complexity index is 1290. The van der Waals surface area contributed by atoms with Gasteiger partial charge in [0.05, 0.1) is 6.61 Å². The number of ether oxygens (including phenoxy) is 4. The van der Waals surface area contributed by atoms with Gasteiger partial charge in [0, 0.05) is 12.8 Å². The molecule has 1 rings (SSSR count). The van der Waals surface area contributed by atoms with Crippen LogP contribution in [-0.2, 0) is 38.7 Å². The highest BCUT2D eigenvalue weighted by Gasteiger charge is 2.46. The molecule has 13 heteroatoms. The Labute approximate surface area is 396 Å². The Morgan fingerprint density at radius 2 is 0.892 bits per heavy atom. The van der Waals surface area contributed by atoms with Crippen LogP contribution in [0.25, 0.3) is 0 Å². The summed E-state index contributed by atoms with van der Waals surface area (Å²) in [4.78, 5) is 25.5. The molecule has 0 saturated carbocycles. The molecule has 0 bridgehead atoms. The number of aliphatic hydroxyl groups is 3. The second kappa shape index (κ2) is 42.2. The number of hydrogen-bond acceptors (Lipinski definition) is 11. The van der Waals surface area contributed by atoms with E-state index < -0.39 is 71.2 Å². The van der Waals surface area contributed by atoms with Gasteiger partial charge in [0.15, 0.2) is 12.4 Å². The molecule has 6 atom stereocenters. The number of rotatable bonds is 45. The van der Waals surface area contributed by atoms with Crippen molar-refractivity contribution in [1.82, 2.24) is 0 Å².